The van der Waals surface area contributed by atoms with E-state index in [0.29, 0.717) is 0 Å². The molecule has 5 heteroatoms. The van der Waals surface area contributed by atoms with Crippen molar-refractivity contribution in [3.63, 3.8) is 0 Å². The van der Waals surface area contributed by atoms with Gasteiger partial charge in [0.1, 0.15) is 6.61 Å². The molecule has 3 nitrogen and oxygen atoms in total. The van der Waals surface area contributed by atoms with Crippen LogP contribution < -0.4 is 22.3 Å². The Hall–Kier alpha value is -0.704. The maximum Gasteiger partial charge on any atom is 2.00 e. The zero-order valence-corrected chi connectivity index (χ0v) is 13.5. The molecule has 0 aromatic heterocycles. The minimum Gasteiger partial charge on any atom is -1.00 e. The van der Waals surface area contributed by atoms with Gasteiger partial charge in [-0.3, -0.25) is 0 Å². The summed E-state index contributed by atoms with van der Waals surface area (Å²) in [6.45, 7) is 3.56. The summed E-state index contributed by atoms with van der Waals surface area (Å²) in [5, 5.41) is 2.52. The summed E-state index contributed by atoms with van der Waals surface area (Å²) < 4.78 is 4.99. The number of halogens is 1. The quantitative estimate of drug-likeness (QED) is 0.436. The Kier molecular flexibility index (Phi) is 10.1. The van der Waals surface area contributed by atoms with Crippen LogP contribution in [0.15, 0.2) is 30.3 Å². The molecular formula is C13H14BrMgNO2. The first-order chi connectivity index (χ1) is 7.53. The average molecular weight is 320 g/mol. The molecule has 1 rings (SSSR count). The Balaban J connectivity index is 0. The van der Waals surface area contributed by atoms with E-state index < -0.39 is 11.6 Å². The largest absolute Gasteiger partial charge is 2.00 e. The number of alkyl carbamates (subject to hydrolysis) is 1. The maximum atomic E-state index is 11.3. The molecule has 0 aliphatic carbocycles. The second-order valence-corrected chi connectivity index (χ2v) is 3.94. The summed E-state index contributed by atoms with van der Waals surface area (Å²) in [6.07, 6.45) is 6.43. The number of hydrogen-bond acceptors (Lipinski definition) is 2. The Morgan fingerprint density at radius 1 is 1.39 bits per heavy atom. The molecule has 0 atom stereocenters. The van der Waals surface area contributed by atoms with Crippen molar-refractivity contribution in [3.8, 4) is 5.92 Å². The minimum atomic E-state index is -0.798. The van der Waals surface area contributed by atoms with Crippen molar-refractivity contribution in [2.75, 3.05) is 0 Å². The molecule has 92 valence electrons. The van der Waals surface area contributed by atoms with Gasteiger partial charge in [0.05, 0.1) is 5.54 Å². The van der Waals surface area contributed by atoms with Crippen LogP contribution in [0.3, 0.4) is 0 Å². The number of carbonyl (C=O) groups excluding carboxylic acids is 1. The molecule has 0 saturated heterocycles. The number of ether oxygens (including phenoxy) is 1. The third kappa shape index (κ3) is 7.59. The number of benzene rings is 1. The molecular weight excluding hydrogens is 306 g/mol. The fourth-order valence-corrected chi connectivity index (χ4v) is 1.05. The van der Waals surface area contributed by atoms with Gasteiger partial charge in [0.25, 0.3) is 0 Å². The predicted octanol–water partition coefficient (Wildman–Crippen LogP) is -1.10. The number of amides is 1. The molecule has 18 heavy (non-hydrogen) atoms. The molecule has 0 saturated carbocycles. The van der Waals surface area contributed by atoms with E-state index in [9.17, 15) is 4.79 Å². The zero-order chi connectivity index (χ0) is 12.0. The van der Waals surface area contributed by atoms with Crippen molar-refractivity contribution < 1.29 is 26.5 Å². The Bertz CT molecular complexity index is 401. The normalized spacial score (nSPS) is 9.17. The van der Waals surface area contributed by atoms with Crippen LogP contribution in [0, 0.1) is 12.3 Å². The van der Waals surface area contributed by atoms with Crippen LogP contribution in [0.1, 0.15) is 19.4 Å². The van der Waals surface area contributed by atoms with Gasteiger partial charge >= 0.3 is 29.1 Å². The van der Waals surface area contributed by atoms with Gasteiger partial charge in [0, 0.05) is 0 Å². The molecule has 0 heterocycles. The molecule has 0 aliphatic heterocycles. The van der Waals surface area contributed by atoms with Crippen LogP contribution in [0.25, 0.3) is 0 Å². The molecule has 1 aromatic rings. The summed E-state index contributed by atoms with van der Waals surface area (Å²) in [6, 6.07) is 9.41. The van der Waals surface area contributed by atoms with E-state index in [1.54, 1.807) is 13.8 Å². The third-order valence-electron chi connectivity index (χ3n) is 1.94. The summed E-state index contributed by atoms with van der Waals surface area (Å²) in [5.41, 5.74) is 0.127. The molecule has 1 N–H and O–H groups in total. The van der Waals surface area contributed by atoms with Gasteiger partial charge in [-0.15, -0.1) is 0 Å². The van der Waals surface area contributed by atoms with Gasteiger partial charge < -0.3 is 39.4 Å². The van der Waals surface area contributed by atoms with E-state index in [-0.39, 0.29) is 46.6 Å². The van der Waals surface area contributed by atoms with Crippen LogP contribution in [0.2, 0.25) is 0 Å². The van der Waals surface area contributed by atoms with E-state index >= 15 is 0 Å². The van der Waals surface area contributed by atoms with Crippen LogP contribution in [0.4, 0.5) is 4.79 Å². The zero-order valence-electron chi connectivity index (χ0n) is 10.5. The van der Waals surface area contributed by atoms with Gasteiger partial charge in [0.2, 0.25) is 0 Å². The SMILES string of the molecule is [Br-].[C-]#CC(C)(C)NC(=O)OCc1ccccc1.[Mg+2]. The van der Waals surface area contributed by atoms with Gasteiger partial charge in [-0.25, -0.2) is 4.79 Å². The summed E-state index contributed by atoms with van der Waals surface area (Å²) in [7, 11) is 0. The van der Waals surface area contributed by atoms with Crippen molar-refractivity contribution in [3.05, 3.63) is 42.3 Å². The first kappa shape index (κ1) is 19.6. The number of carbonyl (C=O) groups is 1. The molecule has 0 spiro atoms. The molecule has 0 aliphatic rings. The van der Waals surface area contributed by atoms with Crippen LogP contribution >= 0.6 is 0 Å². The van der Waals surface area contributed by atoms with Gasteiger partial charge in [-0.1, -0.05) is 30.3 Å². The van der Waals surface area contributed by atoms with Crippen molar-refractivity contribution >= 4 is 29.1 Å². The number of nitrogens with one attached hydrogen (secondary N) is 1. The smallest absolute Gasteiger partial charge is 1.00 e. The van der Waals surface area contributed by atoms with E-state index in [1.165, 1.54) is 0 Å². The summed E-state index contributed by atoms with van der Waals surface area (Å²) in [5.74, 6) is 2.21. The second-order valence-electron chi connectivity index (χ2n) is 3.94. The molecule has 1 aromatic carbocycles. The van der Waals surface area contributed by atoms with E-state index in [0.717, 1.165) is 5.56 Å². The second kappa shape index (κ2) is 9.26. The average Bonchev–Trinajstić information content (AvgIpc) is 2.27. The number of hydrogen-bond donors (Lipinski definition) is 1. The molecule has 0 bridgehead atoms. The van der Waals surface area contributed by atoms with Crippen LogP contribution in [-0.4, -0.2) is 34.7 Å². The summed E-state index contributed by atoms with van der Waals surface area (Å²) in [4.78, 5) is 11.3. The van der Waals surface area contributed by atoms with Gasteiger partial charge in [-0.2, -0.15) is 0 Å². The van der Waals surface area contributed by atoms with Gasteiger partial charge in [0.15, 0.2) is 0 Å². The Morgan fingerprint density at radius 3 is 2.44 bits per heavy atom. The summed E-state index contributed by atoms with van der Waals surface area (Å²) >= 11 is 0. The molecule has 1 amide bonds. The number of rotatable bonds is 3. The predicted molar refractivity (Wildman–Crippen MR) is 66.7 cm³/mol. The maximum absolute atomic E-state index is 11.3. The fourth-order valence-electron chi connectivity index (χ4n) is 1.05. The molecule has 0 radical (unpaired) electrons. The van der Waals surface area contributed by atoms with Crippen molar-refractivity contribution in [2.45, 2.75) is 26.0 Å². The monoisotopic (exact) mass is 319 g/mol. The standard InChI is InChI=1S/C13H14NO2.BrH.Mg/c1-4-13(2,3)14-12(15)16-10-11-8-6-5-7-9-11;;/h5-9H,10H2,2-3H3,(H,14,15);1H;/q-1;;+2/p-1. The topological polar surface area (TPSA) is 38.3 Å². The Labute approximate surface area is 135 Å². The van der Waals surface area contributed by atoms with Crippen molar-refractivity contribution in [1.29, 1.82) is 0 Å². The van der Waals surface area contributed by atoms with E-state index in [2.05, 4.69) is 11.2 Å². The molecule has 0 unspecified atom stereocenters. The Morgan fingerprint density at radius 2 is 1.94 bits per heavy atom. The first-order valence-corrected chi connectivity index (χ1v) is 4.96. The van der Waals surface area contributed by atoms with E-state index in [1.807, 2.05) is 30.3 Å². The molecule has 0 fully saturated rings. The van der Waals surface area contributed by atoms with Crippen molar-refractivity contribution in [1.82, 2.24) is 5.32 Å². The van der Waals surface area contributed by atoms with Crippen LogP contribution in [0.5, 0.6) is 0 Å². The van der Waals surface area contributed by atoms with Crippen LogP contribution in [-0.2, 0) is 11.3 Å². The fraction of sp³-hybridized carbons (Fsp3) is 0.308. The minimum absolute atomic E-state index is 0. The van der Waals surface area contributed by atoms with Crippen molar-refractivity contribution in [2.24, 2.45) is 0 Å². The third-order valence-corrected chi connectivity index (χ3v) is 1.94. The van der Waals surface area contributed by atoms with Gasteiger partial charge in [-0.05, 0) is 19.4 Å². The first-order valence-electron chi connectivity index (χ1n) is 4.96. The van der Waals surface area contributed by atoms with E-state index in [4.69, 9.17) is 11.2 Å².